The van der Waals surface area contributed by atoms with Gasteiger partial charge in [-0.2, -0.15) is 0 Å². The van der Waals surface area contributed by atoms with Gasteiger partial charge in [0.2, 0.25) is 0 Å². The Morgan fingerprint density at radius 1 is 1.44 bits per heavy atom. The molecule has 2 rings (SSSR count). The molecule has 98 valence electrons. The number of para-hydroxylation sites is 1. The summed E-state index contributed by atoms with van der Waals surface area (Å²) in [6.45, 7) is 5.60. The monoisotopic (exact) mass is 246 g/mol. The Labute approximate surface area is 109 Å². The van der Waals surface area contributed by atoms with E-state index in [0.717, 1.165) is 18.7 Å². The second-order valence-corrected chi connectivity index (χ2v) is 5.18. The Bertz CT molecular complexity index is 438. The molecule has 0 radical (unpaired) electrons. The van der Waals surface area contributed by atoms with Gasteiger partial charge in [0.25, 0.3) is 5.91 Å². The summed E-state index contributed by atoms with van der Waals surface area (Å²) < 4.78 is 0. The largest absolute Gasteiger partial charge is 0.398 e. The van der Waals surface area contributed by atoms with Crippen molar-refractivity contribution in [3.63, 3.8) is 0 Å². The van der Waals surface area contributed by atoms with Crippen molar-refractivity contribution < 1.29 is 4.79 Å². The molecule has 0 heterocycles. The molecule has 0 saturated heterocycles. The van der Waals surface area contributed by atoms with Gasteiger partial charge in [-0.1, -0.05) is 18.6 Å². The number of carbonyl (C=O) groups is 1. The Balaban J connectivity index is 2.14. The molecule has 0 aliphatic heterocycles. The number of aryl methyl sites for hydroxylation is 1. The Morgan fingerprint density at radius 2 is 2.17 bits per heavy atom. The molecule has 1 aliphatic rings. The zero-order valence-electron chi connectivity index (χ0n) is 11.3. The van der Waals surface area contributed by atoms with Crippen molar-refractivity contribution in [3.05, 3.63) is 29.3 Å². The van der Waals surface area contributed by atoms with Gasteiger partial charge in [-0.05, 0) is 44.2 Å². The summed E-state index contributed by atoms with van der Waals surface area (Å²) in [5.41, 5.74) is 8.25. The number of hydrogen-bond acceptors (Lipinski definition) is 2. The van der Waals surface area contributed by atoms with Gasteiger partial charge >= 0.3 is 0 Å². The maximum Gasteiger partial charge on any atom is 0.255 e. The van der Waals surface area contributed by atoms with E-state index in [1.54, 1.807) is 0 Å². The first-order valence-corrected chi connectivity index (χ1v) is 6.77. The van der Waals surface area contributed by atoms with E-state index in [1.165, 1.54) is 19.3 Å². The first-order chi connectivity index (χ1) is 8.63. The normalized spacial score (nSPS) is 15.2. The highest BCUT2D eigenvalue weighted by atomic mass is 16.2. The third-order valence-electron chi connectivity index (χ3n) is 3.93. The molecule has 3 heteroatoms. The van der Waals surface area contributed by atoms with Crippen molar-refractivity contribution >= 4 is 11.6 Å². The van der Waals surface area contributed by atoms with Crippen LogP contribution in [0, 0.1) is 12.8 Å². The lowest BCUT2D eigenvalue weighted by Crippen LogP contribution is -2.37. The van der Waals surface area contributed by atoms with Crippen molar-refractivity contribution in [1.29, 1.82) is 0 Å². The maximum atomic E-state index is 12.5. The third kappa shape index (κ3) is 2.50. The van der Waals surface area contributed by atoms with Gasteiger partial charge in [0.1, 0.15) is 0 Å². The van der Waals surface area contributed by atoms with Crippen molar-refractivity contribution in [3.8, 4) is 0 Å². The van der Waals surface area contributed by atoms with Crippen LogP contribution in [-0.4, -0.2) is 23.9 Å². The average molecular weight is 246 g/mol. The zero-order chi connectivity index (χ0) is 13.1. The lowest BCUT2D eigenvalue weighted by molar-refractivity contribution is 0.0707. The predicted molar refractivity (Wildman–Crippen MR) is 74.5 cm³/mol. The maximum absolute atomic E-state index is 12.5. The number of nitrogens with zero attached hydrogens (tertiary/aromatic N) is 1. The smallest absolute Gasteiger partial charge is 0.255 e. The van der Waals surface area contributed by atoms with Crippen LogP contribution in [0.15, 0.2) is 18.2 Å². The molecule has 1 aromatic rings. The highest BCUT2D eigenvalue weighted by Crippen LogP contribution is 2.28. The van der Waals surface area contributed by atoms with Crippen LogP contribution >= 0.6 is 0 Å². The van der Waals surface area contributed by atoms with Gasteiger partial charge in [0.15, 0.2) is 0 Å². The number of anilines is 1. The van der Waals surface area contributed by atoms with Crippen LogP contribution in [0.2, 0.25) is 0 Å². The highest BCUT2D eigenvalue weighted by Gasteiger charge is 2.24. The lowest BCUT2D eigenvalue weighted by Gasteiger charge is -2.32. The average Bonchev–Trinajstić information content (AvgIpc) is 2.31. The van der Waals surface area contributed by atoms with E-state index in [0.29, 0.717) is 17.2 Å². The van der Waals surface area contributed by atoms with Gasteiger partial charge in [0.05, 0.1) is 5.56 Å². The third-order valence-corrected chi connectivity index (χ3v) is 3.93. The zero-order valence-corrected chi connectivity index (χ0v) is 11.3. The number of amides is 1. The fraction of sp³-hybridized carbons (Fsp3) is 0.533. The van der Waals surface area contributed by atoms with E-state index in [9.17, 15) is 4.79 Å². The van der Waals surface area contributed by atoms with E-state index < -0.39 is 0 Å². The molecular formula is C15H22N2O. The fourth-order valence-corrected chi connectivity index (χ4v) is 2.38. The molecule has 1 saturated carbocycles. The minimum Gasteiger partial charge on any atom is -0.398 e. The molecule has 3 nitrogen and oxygen atoms in total. The van der Waals surface area contributed by atoms with Gasteiger partial charge in [-0.15, -0.1) is 0 Å². The summed E-state index contributed by atoms with van der Waals surface area (Å²) in [6, 6.07) is 5.67. The molecule has 0 atom stereocenters. The van der Waals surface area contributed by atoms with E-state index in [4.69, 9.17) is 5.73 Å². The molecule has 1 fully saturated rings. The summed E-state index contributed by atoms with van der Waals surface area (Å²) in [7, 11) is 0. The number of hydrogen-bond donors (Lipinski definition) is 1. The van der Waals surface area contributed by atoms with Crippen LogP contribution in [0.5, 0.6) is 0 Å². The molecule has 0 spiro atoms. The van der Waals surface area contributed by atoms with Gasteiger partial charge in [-0.25, -0.2) is 0 Å². The summed E-state index contributed by atoms with van der Waals surface area (Å²) in [5, 5.41) is 0. The van der Waals surface area contributed by atoms with Crippen LogP contribution < -0.4 is 5.73 Å². The molecule has 18 heavy (non-hydrogen) atoms. The van der Waals surface area contributed by atoms with Crippen LogP contribution in [0.1, 0.15) is 42.1 Å². The predicted octanol–water partition coefficient (Wildman–Crippen LogP) is 2.84. The van der Waals surface area contributed by atoms with Crippen LogP contribution in [0.4, 0.5) is 5.69 Å². The number of nitrogen functional groups attached to an aromatic ring is 1. The Morgan fingerprint density at radius 3 is 2.72 bits per heavy atom. The molecule has 1 amide bonds. The van der Waals surface area contributed by atoms with Crippen molar-refractivity contribution in [2.45, 2.75) is 33.1 Å². The second-order valence-electron chi connectivity index (χ2n) is 5.18. The van der Waals surface area contributed by atoms with E-state index in [-0.39, 0.29) is 5.91 Å². The van der Waals surface area contributed by atoms with Crippen molar-refractivity contribution in [1.82, 2.24) is 4.90 Å². The second kappa shape index (κ2) is 5.42. The Hall–Kier alpha value is -1.51. The van der Waals surface area contributed by atoms with Crippen molar-refractivity contribution in [2.75, 3.05) is 18.8 Å². The molecule has 0 unspecified atom stereocenters. The molecule has 2 N–H and O–H groups in total. The minimum atomic E-state index is 0.0746. The Kier molecular flexibility index (Phi) is 3.90. The SMILES string of the molecule is CCN(CC1CCC1)C(=O)c1cccc(C)c1N. The van der Waals surface area contributed by atoms with Gasteiger partial charge < -0.3 is 10.6 Å². The number of benzene rings is 1. The van der Waals surface area contributed by atoms with E-state index in [2.05, 4.69) is 0 Å². The first kappa shape index (κ1) is 12.9. The summed E-state index contributed by atoms with van der Waals surface area (Å²) in [6.07, 6.45) is 3.82. The number of nitrogens with two attached hydrogens (primary N) is 1. The van der Waals surface area contributed by atoms with Crippen LogP contribution in [0.3, 0.4) is 0 Å². The number of carbonyl (C=O) groups excluding carboxylic acids is 1. The molecular weight excluding hydrogens is 224 g/mol. The van der Waals surface area contributed by atoms with Crippen LogP contribution in [-0.2, 0) is 0 Å². The first-order valence-electron chi connectivity index (χ1n) is 6.77. The quantitative estimate of drug-likeness (QED) is 0.830. The molecule has 0 aromatic heterocycles. The van der Waals surface area contributed by atoms with E-state index >= 15 is 0 Å². The molecule has 1 aromatic carbocycles. The molecule has 0 bridgehead atoms. The molecule has 1 aliphatic carbocycles. The van der Waals surface area contributed by atoms with Crippen molar-refractivity contribution in [2.24, 2.45) is 5.92 Å². The highest BCUT2D eigenvalue weighted by molar-refractivity contribution is 5.99. The van der Waals surface area contributed by atoms with Gasteiger partial charge in [-0.3, -0.25) is 4.79 Å². The topological polar surface area (TPSA) is 46.3 Å². The van der Waals surface area contributed by atoms with Gasteiger partial charge in [0, 0.05) is 18.8 Å². The van der Waals surface area contributed by atoms with Crippen LogP contribution in [0.25, 0.3) is 0 Å². The number of rotatable bonds is 4. The fourth-order valence-electron chi connectivity index (χ4n) is 2.38. The summed E-state index contributed by atoms with van der Waals surface area (Å²) in [4.78, 5) is 14.4. The lowest BCUT2D eigenvalue weighted by atomic mass is 9.85. The summed E-state index contributed by atoms with van der Waals surface area (Å²) >= 11 is 0. The minimum absolute atomic E-state index is 0.0746. The van der Waals surface area contributed by atoms with E-state index in [1.807, 2.05) is 36.9 Å². The summed E-state index contributed by atoms with van der Waals surface area (Å²) in [5.74, 6) is 0.769. The standard InChI is InChI=1S/C15H22N2O/c1-3-17(10-12-7-5-8-12)15(18)13-9-4-6-11(2)14(13)16/h4,6,9,12H,3,5,7-8,10,16H2,1-2H3.